The van der Waals surface area contributed by atoms with E-state index in [1.807, 2.05) is 0 Å². The fourth-order valence-corrected chi connectivity index (χ4v) is 2.82. The summed E-state index contributed by atoms with van der Waals surface area (Å²) in [5, 5.41) is 2.79. The van der Waals surface area contributed by atoms with Gasteiger partial charge in [-0.25, -0.2) is 4.39 Å². The molecule has 1 amide bonds. The summed E-state index contributed by atoms with van der Waals surface area (Å²) in [5.74, 6) is -0.342. The Balaban J connectivity index is 1.86. The maximum absolute atomic E-state index is 13.2. The summed E-state index contributed by atoms with van der Waals surface area (Å²) in [5.41, 5.74) is 1.59. The third kappa shape index (κ3) is 3.26. The fraction of sp³-hybridized carbons (Fsp3) is 0.222. The Morgan fingerprint density at radius 1 is 1.21 bits per heavy atom. The molecule has 0 aliphatic carbocycles. The second kappa shape index (κ2) is 6.61. The second-order valence-electron chi connectivity index (χ2n) is 5.60. The van der Waals surface area contributed by atoms with Crippen LogP contribution in [0.15, 0.2) is 36.4 Å². The van der Waals surface area contributed by atoms with Crippen LogP contribution in [-0.2, 0) is 0 Å². The van der Waals surface area contributed by atoms with Gasteiger partial charge >= 0.3 is 0 Å². The average Bonchev–Trinajstić information content (AvgIpc) is 2.57. The zero-order valence-corrected chi connectivity index (χ0v) is 13.7. The number of hydrogen-bond acceptors (Lipinski definition) is 3. The van der Waals surface area contributed by atoms with Crippen LogP contribution in [0.25, 0.3) is 0 Å². The number of fused-ring (bicyclic) bond motifs is 1. The molecule has 2 aromatic carbocycles. The maximum atomic E-state index is 13.2. The molecule has 0 fully saturated rings. The van der Waals surface area contributed by atoms with E-state index in [1.54, 1.807) is 18.2 Å². The Kier molecular flexibility index (Phi) is 4.53. The van der Waals surface area contributed by atoms with Gasteiger partial charge in [0.2, 0.25) is 0 Å². The van der Waals surface area contributed by atoms with E-state index in [-0.39, 0.29) is 28.3 Å². The molecule has 124 valence electrons. The van der Waals surface area contributed by atoms with Gasteiger partial charge in [-0.2, -0.15) is 0 Å². The molecule has 0 unspecified atom stereocenters. The molecular weight excluding hydrogens is 333 g/mol. The molecule has 1 N–H and O–H groups in total. The predicted octanol–water partition coefficient (Wildman–Crippen LogP) is 3.94. The van der Waals surface area contributed by atoms with E-state index in [4.69, 9.17) is 16.3 Å². The lowest BCUT2D eigenvalue weighted by atomic mass is 9.97. The maximum Gasteiger partial charge on any atom is 0.251 e. The number of ketones is 1. The van der Waals surface area contributed by atoms with Gasteiger partial charge in [-0.1, -0.05) is 11.6 Å². The molecule has 1 atom stereocenters. The van der Waals surface area contributed by atoms with Crippen LogP contribution in [0, 0.1) is 5.82 Å². The van der Waals surface area contributed by atoms with Crippen LogP contribution < -0.4 is 10.1 Å². The quantitative estimate of drug-likeness (QED) is 0.856. The molecular formula is C18H15ClFNO3. The number of benzene rings is 2. The first-order valence-corrected chi connectivity index (χ1v) is 7.87. The Bertz CT molecular complexity index is 822. The third-order valence-corrected chi connectivity index (χ3v) is 4.23. The molecule has 2 aromatic rings. The van der Waals surface area contributed by atoms with Gasteiger partial charge in [0.15, 0.2) is 5.78 Å². The SMILES string of the molecule is CC(=O)c1ccc2c(c1)[C@@H](NC(=O)c1ccc(F)c(Cl)c1)CCO2. The Hall–Kier alpha value is -2.40. The molecule has 6 heteroatoms. The van der Waals surface area contributed by atoms with Crippen LogP contribution in [0.4, 0.5) is 4.39 Å². The Morgan fingerprint density at radius 2 is 1.96 bits per heavy atom. The summed E-state index contributed by atoms with van der Waals surface area (Å²) in [6.07, 6.45) is 0.578. The van der Waals surface area contributed by atoms with Crippen molar-refractivity contribution in [2.75, 3.05) is 6.61 Å². The molecule has 24 heavy (non-hydrogen) atoms. The van der Waals surface area contributed by atoms with Crippen LogP contribution in [0.1, 0.15) is 45.7 Å². The topological polar surface area (TPSA) is 55.4 Å². The molecule has 0 saturated carbocycles. The molecule has 4 nitrogen and oxygen atoms in total. The van der Waals surface area contributed by atoms with Crippen LogP contribution >= 0.6 is 11.6 Å². The highest BCUT2D eigenvalue weighted by molar-refractivity contribution is 6.31. The van der Waals surface area contributed by atoms with Crippen molar-refractivity contribution >= 4 is 23.3 Å². The molecule has 1 aliphatic rings. The van der Waals surface area contributed by atoms with E-state index in [9.17, 15) is 14.0 Å². The van der Waals surface area contributed by atoms with Gasteiger partial charge in [-0.05, 0) is 43.3 Å². The minimum Gasteiger partial charge on any atom is -0.493 e. The number of halogens is 2. The first-order valence-electron chi connectivity index (χ1n) is 7.49. The number of hydrogen-bond donors (Lipinski definition) is 1. The predicted molar refractivity (Wildman–Crippen MR) is 88.2 cm³/mol. The number of ether oxygens (including phenoxy) is 1. The lowest BCUT2D eigenvalue weighted by Crippen LogP contribution is -2.32. The lowest BCUT2D eigenvalue weighted by molar-refractivity contribution is 0.0924. The normalized spacial score (nSPS) is 16.0. The van der Waals surface area contributed by atoms with Crippen molar-refractivity contribution in [1.29, 1.82) is 0 Å². The van der Waals surface area contributed by atoms with E-state index >= 15 is 0 Å². The van der Waals surface area contributed by atoms with Gasteiger partial charge in [-0.3, -0.25) is 9.59 Å². The molecule has 0 spiro atoms. The molecule has 0 bridgehead atoms. The largest absolute Gasteiger partial charge is 0.493 e. The molecule has 3 rings (SSSR count). The molecule has 0 aromatic heterocycles. The van der Waals surface area contributed by atoms with Crippen molar-refractivity contribution in [2.24, 2.45) is 0 Å². The third-order valence-electron chi connectivity index (χ3n) is 3.94. The fourth-order valence-electron chi connectivity index (χ4n) is 2.64. The van der Waals surface area contributed by atoms with Gasteiger partial charge in [0.1, 0.15) is 11.6 Å². The number of carbonyl (C=O) groups is 2. The summed E-state index contributed by atoms with van der Waals surface area (Å²) < 4.78 is 18.8. The summed E-state index contributed by atoms with van der Waals surface area (Å²) in [6.45, 7) is 1.95. The van der Waals surface area contributed by atoms with E-state index in [1.165, 1.54) is 19.1 Å². The summed E-state index contributed by atoms with van der Waals surface area (Å²) in [4.78, 5) is 24.0. The van der Waals surface area contributed by atoms with Gasteiger partial charge in [0.25, 0.3) is 5.91 Å². The number of rotatable bonds is 3. The first-order chi connectivity index (χ1) is 11.5. The zero-order chi connectivity index (χ0) is 17.3. The minimum absolute atomic E-state index is 0.0567. The Labute approximate surface area is 143 Å². The van der Waals surface area contributed by atoms with Crippen molar-refractivity contribution in [1.82, 2.24) is 5.32 Å². The van der Waals surface area contributed by atoms with Crippen LogP contribution in [0.2, 0.25) is 5.02 Å². The standard InChI is InChI=1S/C18H15ClFNO3/c1-10(22)11-3-5-17-13(8-11)16(6-7-24-17)21-18(23)12-2-4-15(20)14(19)9-12/h2-5,8-9,16H,6-7H2,1H3,(H,21,23)/t16-/m0/s1. The van der Waals surface area contributed by atoms with Crippen molar-refractivity contribution in [3.05, 3.63) is 63.9 Å². The summed E-state index contributed by atoms with van der Waals surface area (Å²) >= 11 is 5.72. The highest BCUT2D eigenvalue weighted by Gasteiger charge is 2.24. The van der Waals surface area contributed by atoms with Crippen molar-refractivity contribution in [3.63, 3.8) is 0 Å². The van der Waals surface area contributed by atoms with Gasteiger partial charge in [-0.15, -0.1) is 0 Å². The van der Waals surface area contributed by atoms with Gasteiger partial charge in [0, 0.05) is 23.1 Å². The van der Waals surface area contributed by atoms with Crippen molar-refractivity contribution < 1.29 is 18.7 Å². The molecule has 1 heterocycles. The summed E-state index contributed by atoms with van der Waals surface area (Å²) in [7, 11) is 0. The molecule has 0 saturated heterocycles. The zero-order valence-electron chi connectivity index (χ0n) is 12.9. The van der Waals surface area contributed by atoms with E-state index in [0.29, 0.717) is 24.3 Å². The lowest BCUT2D eigenvalue weighted by Gasteiger charge is -2.27. The number of nitrogens with one attached hydrogen (secondary N) is 1. The highest BCUT2D eigenvalue weighted by atomic mass is 35.5. The summed E-state index contributed by atoms with van der Waals surface area (Å²) in [6, 6.07) is 8.71. The Morgan fingerprint density at radius 3 is 2.67 bits per heavy atom. The average molecular weight is 348 g/mol. The smallest absolute Gasteiger partial charge is 0.251 e. The second-order valence-corrected chi connectivity index (χ2v) is 6.01. The van der Waals surface area contributed by atoms with E-state index in [0.717, 1.165) is 11.6 Å². The van der Waals surface area contributed by atoms with E-state index < -0.39 is 5.82 Å². The van der Waals surface area contributed by atoms with Crippen LogP contribution in [0.5, 0.6) is 5.75 Å². The molecule has 0 radical (unpaired) electrons. The monoisotopic (exact) mass is 347 g/mol. The van der Waals surface area contributed by atoms with Gasteiger partial charge < -0.3 is 10.1 Å². The van der Waals surface area contributed by atoms with E-state index in [2.05, 4.69) is 5.32 Å². The first kappa shape index (κ1) is 16.5. The van der Waals surface area contributed by atoms with Crippen molar-refractivity contribution in [3.8, 4) is 5.75 Å². The van der Waals surface area contributed by atoms with Crippen LogP contribution in [-0.4, -0.2) is 18.3 Å². The van der Waals surface area contributed by atoms with Gasteiger partial charge in [0.05, 0.1) is 17.7 Å². The number of carbonyl (C=O) groups excluding carboxylic acids is 2. The number of amides is 1. The molecule has 1 aliphatic heterocycles. The van der Waals surface area contributed by atoms with Crippen LogP contribution in [0.3, 0.4) is 0 Å². The minimum atomic E-state index is -0.573. The van der Waals surface area contributed by atoms with Crippen molar-refractivity contribution in [2.45, 2.75) is 19.4 Å². The number of Topliss-reactive ketones (excluding diaryl/α,β-unsaturated/α-hetero) is 1. The highest BCUT2D eigenvalue weighted by Crippen LogP contribution is 2.33.